The van der Waals surface area contributed by atoms with E-state index in [0.717, 1.165) is 17.7 Å². The topological polar surface area (TPSA) is 75.0 Å². The van der Waals surface area contributed by atoms with Crippen LogP contribution in [-0.2, 0) is 0 Å². The van der Waals surface area contributed by atoms with Gasteiger partial charge in [0.1, 0.15) is 5.69 Å². The third-order valence-electron chi connectivity index (χ3n) is 4.20. The number of aromatic nitrogens is 2. The molecule has 0 radical (unpaired) electrons. The van der Waals surface area contributed by atoms with E-state index in [0.29, 0.717) is 29.7 Å². The van der Waals surface area contributed by atoms with Gasteiger partial charge in [-0.05, 0) is 44.0 Å². The first-order valence-corrected chi connectivity index (χ1v) is 7.78. The lowest BCUT2D eigenvalue weighted by Crippen LogP contribution is -2.34. The number of benzene rings is 1. The zero-order valence-electron chi connectivity index (χ0n) is 12.8. The largest absolute Gasteiger partial charge is 0.334 e. The van der Waals surface area contributed by atoms with Gasteiger partial charge in [-0.1, -0.05) is 23.7 Å². The number of aromatic amines is 1. The minimum absolute atomic E-state index is 0. The molecule has 1 saturated heterocycles. The van der Waals surface area contributed by atoms with Crippen LogP contribution in [0.25, 0.3) is 11.3 Å². The van der Waals surface area contributed by atoms with Crippen molar-refractivity contribution in [3.63, 3.8) is 0 Å². The summed E-state index contributed by atoms with van der Waals surface area (Å²) in [6, 6.07) is 9.38. The Balaban J connectivity index is 0.00000192. The molecule has 23 heavy (non-hydrogen) atoms. The van der Waals surface area contributed by atoms with Gasteiger partial charge < -0.3 is 10.6 Å². The zero-order chi connectivity index (χ0) is 15.7. The number of H-pyrrole nitrogens is 1. The standard InChI is InChI=1S/C16H19ClN4O.ClH/c1-10-6-11(8-18)9-21(10)16(22)15-7-14(19-20-15)12-2-4-13(17)5-3-12;/h2-5,7,10-11H,6,8-9,18H2,1H3,(H,19,20);1H. The van der Waals surface area contributed by atoms with E-state index in [4.69, 9.17) is 17.3 Å². The molecule has 2 atom stereocenters. The van der Waals surface area contributed by atoms with Gasteiger partial charge >= 0.3 is 0 Å². The molecule has 0 aliphatic carbocycles. The van der Waals surface area contributed by atoms with Crippen LogP contribution in [0.1, 0.15) is 23.8 Å². The summed E-state index contributed by atoms with van der Waals surface area (Å²) in [6.07, 6.45) is 0.959. The molecule has 1 aromatic carbocycles. The Kier molecular flexibility index (Phi) is 5.68. The number of hydrogen-bond acceptors (Lipinski definition) is 3. The van der Waals surface area contributed by atoms with Crippen molar-refractivity contribution in [3.05, 3.63) is 41.0 Å². The summed E-state index contributed by atoms with van der Waals surface area (Å²) >= 11 is 5.89. The lowest BCUT2D eigenvalue weighted by atomic mass is 10.1. The fourth-order valence-electron chi connectivity index (χ4n) is 2.95. The number of likely N-dealkylation sites (tertiary alicyclic amines) is 1. The Bertz CT molecular complexity index is 671. The number of carbonyl (C=O) groups is 1. The molecule has 2 unspecified atom stereocenters. The highest BCUT2D eigenvalue weighted by Gasteiger charge is 2.32. The number of halogens is 2. The second-order valence-corrected chi connectivity index (χ2v) is 6.25. The van der Waals surface area contributed by atoms with Crippen LogP contribution in [0.15, 0.2) is 30.3 Å². The van der Waals surface area contributed by atoms with Gasteiger partial charge in [-0.2, -0.15) is 5.10 Å². The highest BCUT2D eigenvalue weighted by Crippen LogP contribution is 2.25. The van der Waals surface area contributed by atoms with Crippen LogP contribution in [0.3, 0.4) is 0 Å². The van der Waals surface area contributed by atoms with E-state index >= 15 is 0 Å². The van der Waals surface area contributed by atoms with Crippen molar-refractivity contribution < 1.29 is 4.79 Å². The van der Waals surface area contributed by atoms with Gasteiger partial charge in [-0.15, -0.1) is 12.4 Å². The van der Waals surface area contributed by atoms with Gasteiger partial charge in [-0.3, -0.25) is 9.89 Å². The minimum Gasteiger partial charge on any atom is -0.334 e. The third kappa shape index (κ3) is 3.68. The van der Waals surface area contributed by atoms with E-state index in [1.165, 1.54) is 0 Å². The Morgan fingerprint density at radius 1 is 1.43 bits per heavy atom. The second-order valence-electron chi connectivity index (χ2n) is 5.82. The summed E-state index contributed by atoms with van der Waals surface area (Å²) in [6.45, 7) is 3.39. The molecule has 0 bridgehead atoms. The first-order valence-electron chi connectivity index (χ1n) is 7.41. The SMILES string of the molecule is CC1CC(CN)CN1C(=O)c1cc(-c2ccc(Cl)cc2)n[nH]1.Cl. The third-order valence-corrected chi connectivity index (χ3v) is 4.46. The van der Waals surface area contributed by atoms with Crippen LogP contribution >= 0.6 is 24.0 Å². The average molecular weight is 355 g/mol. The number of nitrogens with two attached hydrogens (primary N) is 1. The Hall–Kier alpha value is -1.56. The van der Waals surface area contributed by atoms with Crippen molar-refractivity contribution in [1.29, 1.82) is 0 Å². The van der Waals surface area contributed by atoms with Gasteiger partial charge in [0, 0.05) is 23.2 Å². The first kappa shape index (κ1) is 17.8. The first-order chi connectivity index (χ1) is 10.6. The van der Waals surface area contributed by atoms with E-state index in [-0.39, 0.29) is 24.4 Å². The molecule has 3 rings (SSSR count). The number of carbonyl (C=O) groups excluding carboxylic acids is 1. The number of nitrogens with zero attached hydrogens (tertiary/aromatic N) is 2. The highest BCUT2D eigenvalue weighted by molar-refractivity contribution is 6.30. The number of amides is 1. The average Bonchev–Trinajstić information content (AvgIpc) is 3.14. The van der Waals surface area contributed by atoms with Gasteiger partial charge in [0.25, 0.3) is 5.91 Å². The predicted octanol–water partition coefficient (Wildman–Crippen LogP) is 2.96. The molecule has 7 heteroatoms. The van der Waals surface area contributed by atoms with Crippen molar-refractivity contribution in [3.8, 4) is 11.3 Å². The fraction of sp³-hybridized carbons (Fsp3) is 0.375. The summed E-state index contributed by atoms with van der Waals surface area (Å²) in [5.74, 6) is 0.369. The maximum atomic E-state index is 12.6. The fourth-order valence-corrected chi connectivity index (χ4v) is 3.08. The van der Waals surface area contributed by atoms with Crippen molar-refractivity contribution in [2.75, 3.05) is 13.1 Å². The van der Waals surface area contributed by atoms with Gasteiger partial charge in [-0.25, -0.2) is 0 Å². The van der Waals surface area contributed by atoms with E-state index in [9.17, 15) is 4.79 Å². The molecular formula is C16H20Cl2N4O. The van der Waals surface area contributed by atoms with E-state index in [1.807, 2.05) is 17.0 Å². The lowest BCUT2D eigenvalue weighted by Gasteiger charge is -2.20. The zero-order valence-corrected chi connectivity index (χ0v) is 14.4. The molecule has 1 aliphatic rings. The van der Waals surface area contributed by atoms with E-state index < -0.39 is 0 Å². The molecule has 2 aromatic rings. The summed E-state index contributed by atoms with van der Waals surface area (Å²) in [5, 5.41) is 7.75. The molecule has 0 saturated carbocycles. The van der Waals surface area contributed by atoms with Crippen LogP contribution in [0.2, 0.25) is 5.02 Å². The molecule has 124 valence electrons. The molecular weight excluding hydrogens is 335 g/mol. The van der Waals surface area contributed by atoms with Crippen molar-refractivity contribution >= 4 is 29.9 Å². The van der Waals surface area contributed by atoms with E-state index in [1.54, 1.807) is 18.2 Å². The molecule has 1 amide bonds. The second kappa shape index (κ2) is 7.34. The monoisotopic (exact) mass is 354 g/mol. The molecule has 2 heterocycles. The normalized spacial score (nSPS) is 20.4. The van der Waals surface area contributed by atoms with Crippen molar-refractivity contribution in [2.45, 2.75) is 19.4 Å². The van der Waals surface area contributed by atoms with Crippen LogP contribution in [0, 0.1) is 5.92 Å². The molecule has 0 spiro atoms. The van der Waals surface area contributed by atoms with Crippen LogP contribution in [0.4, 0.5) is 0 Å². The van der Waals surface area contributed by atoms with Crippen molar-refractivity contribution in [2.24, 2.45) is 11.7 Å². The van der Waals surface area contributed by atoms with Crippen LogP contribution in [-0.4, -0.2) is 40.1 Å². The number of nitrogens with one attached hydrogen (secondary N) is 1. The van der Waals surface area contributed by atoms with Gasteiger partial charge in [0.15, 0.2) is 0 Å². The van der Waals surface area contributed by atoms with Gasteiger partial charge in [0.05, 0.1) is 5.69 Å². The Labute approximate surface area is 146 Å². The number of rotatable bonds is 3. The van der Waals surface area contributed by atoms with Gasteiger partial charge in [0.2, 0.25) is 0 Å². The lowest BCUT2D eigenvalue weighted by molar-refractivity contribution is 0.0737. The van der Waals surface area contributed by atoms with E-state index in [2.05, 4.69) is 17.1 Å². The van der Waals surface area contributed by atoms with Crippen molar-refractivity contribution in [1.82, 2.24) is 15.1 Å². The summed E-state index contributed by atoms with van der Waals surface area (Å²) < 4.78 is 0. The molecule has 5 nitrogen and oxygen atoms in total. The molecule has 1 fully saturated rings. The quantitative estimate of drug-likeness (QED) is 0.889. The Morgan fingerprint density at radius 2 is 2.13 bits per heavy atom. The summed E-state index contributed by atoms with van der Waals surface area (Å²) in [4.78, 5) is 14.5. The maximum absolute atomic E-state index is 12.6. The van der Waals surface area contributed by atoms with Crippen LogP contribution < -0.4 is 5.73 Å². The molecule has 3 N–H and O–H groups in total. The Morgan fingerprint density at radius 3 is 2.74 bits per heavy atom. The number of hydrogen-bond donors (Lipinski definition) is 2. The minimum atomic E-state index is -0.0174. The highest BCUT2D eigenvalue weighted by atomic mass is 35.5. The molecule has 1 aliphatic heterocycles. The molecule has 1 aromatic heterocycles. The maximum Gasteiger partial charge on any atom is 0.272 e. The predicted molar refractivity (Wildman–Crippen MR) is 93.9 cm³/mol. The van der Waals surface area contributed by atoms with Crippen LogP contribution in [0.5, 0.6) is 0 Å². The summed E-state index contributed by atoms with van der Waals surface area (Å²) in [5.41, 5.74) is 7.89. The smallest absolute Gasteiger partial charge is 0.272 e. The summed E-state index contributed by atoms with van der Waals surface area (Å²) in [7, 11) is 0.